The second-order valence-corrected chi connectivity index (χ2v) is 8.69. The SMILES string of the molecule is CC(C)c1nn(-c2noc(C3CCN(C4CCNCC4)CC3)n2)c2ccccc12. The van der Waals surface area contributed by atoms with Crippen LogP contribution in [-0.4, -0.2) is 57.0 Å². The van der Waals surface area contributed by atoms with Crippen LogP contribution in [0.2, 0.25) is 0 Å². The molecule has 0 bridgehead atoms. The Kier molecular flexibility index (Phi) is 5.09. The first-order chi connectivity index (χ1) is 14.2. The predicted molar refractivity (Wildman–Crippen MR) is 112 cm³/mol. The Labute approximate surface area is 171 Å². The molecule has 7 heteroatoms. The molecule has 154 valence electrons. The minimum atomic E-state index is 0.340. The van der Waals surface area contributed by atoms with Crippen LogP contribution in [0.4, 0.5) is 0 Å². The van der Waals surface area contributed by atoms with Gasteiger partial charge in [0.1, 0.15) is 0 Å². The number of nitrogens with one attached hydrogen (secondary N) is 1. The summed E-state index contributed by atoms with van der Waals surface area (Å²) in [7, 11) is 0. The quantitative estimate of drug-likeness (QED) is 0.731. The van der Waals surface area contributed by atoms with E-state index in [9.17, 15) is 0 Å². The second-order valence-electron chi connectivity index (χ2n) is 8.69. The van der Waals surface area contributed by atoms with E-state index >= 15 is 0 Å². The maximum absolute atomic E-state index is 5.71. The summed E-state index contributed by atoms with van der Waals surface area (Å²) in [5.74, 6) is 1.99. The van der Waals surface area contributed by atoms with Gasteiger partial charge in [0, 0.05) is 17.3 Å². The smallest absolute Gasteiger partial charge is 0.291 e. The molecule has 2 aliphatic rings. The molecule has 3 aromatic rings. The zero-order valence-corrected chi connectivity index (χ0v) is 17.3. The van der Waals surface area contributed by atoms with Gasteiger partial charge in [-0.15, -0.1) is 0 Å². The average molecular weight is 395 g/mol. The fraction of sp³-hybridized carbons (Fsp3) is 0.591. The molecule has 2 fully saturated rings. The molecule has 0 aliphatic carbocycles. The number of aromatic nitrogens is 4. The van der Waals surface area contributed by atoms with Gasteiger partial charge in [-0.3, -0.25) is 0 Å². The van der Waals surface area contributed by atoms with Crippen LogP contribution < -0.4 is 5.32 Å². The van der Waals surface area contributed by atoms with Crippen LogP contribution >= 0.6 is 0 Å². The van der Waals surface area contributed by atoms with E-state index in [0.29, 0.717) is 17.8 Å². The molecule has 2 aromatic heterocycles. The molecule has 29 heavy (non-hydrogen) atoms. The van der Waals surface area contributed by atoms with Gasteiger partial charge in [-0.2, -0.15) is 14.8 Å². The van der Waals surface area contributed by atoms with E-state index in [1.807, 2.05) is 10.7 Å². The Morgan fingerprint density at radius 1 is 1.07 bits per heavy atom. The van der Waals surface area contributed by atoms with Crippen molar-refractivity contribution in [1.29, 1.82) is 0 Å². The zero-order valence-electron chi connectivity index (χ0n) is 17.3. The van der Waals surface area contributed by atoms with Crippen molar-refractivity contribution in [3.8, 4) is 5.95 Å². The predicted octanol–water partition coefficient (Wildman–Crippen LogP) is 3.46. The topological polar surface area (TPSA) is 72.0 Å². The minimum Gasteiger partial charge on any atom is -0.337 e. The highest BCUT2D eigenvalue weighted by Crippen LogP contribution is 2.31. The van der Waals surface area contributed by atoms with Gasteiger partial charge in [0.25, 0.3) is 5.95 Å². The number of rotatable bonds is 4. The van der Waals surface area contributed by atoms with Crippen molar-refractivity contribution in [1.82, 2.24) is 30.1 Å². The van der Waals surface area contributed by atoms with E-state index in [-0.39, 0.29) is 0 Å². The first-order valence-electron chi connectivity index (χ1n) is 11.0. The molecule has 2 saturated heterocycles. The highest BCUT2D eigenvalue weighted by molar-refractivity contribution is 5.83. The van der Waals surface area contributed by atoms with Crippen molar-refractivity contribution in [2.45, 2.75) is 57.4 Å². The molecule has 0 atom stereocenters. The molecular formula is C22H30N6O. The first-order valence-corrected chi connectivity index (χ1v) is 11.0. The standard InChI is InChI=1S/C22H30N6O/c1-15(2)20-18-5-3-4-6-19(18)28(25-20)22-24-21(29-26-22)16-9-13-27(14-10-16)17-7-11-23-12-8-17/h3-6,15-17,23H,7-14H2,1-2H3. The third-order valence-electron chi connectivity index (χ3n) is 6.49. The highest BCUT2D eigenvalue weighted by atomic mass is 16.5. The number of hydrogen-bond donors (Lipinski definition) is 1. The van der Waals surface area contributed by atoms with Crippen molar-refractivity contribution in [3.05, 3.63) is 35.9 Å². The number of likely N-dealkylation sites (tertiary alicyclic amines) is 1. The molecule has 5 rings (SSSR count). The van der Waals surface area contributed by atoms with Crippen LogP contribution in [0.1, 0.15) is 63.0 Å². The van der Waals surface area contributed by atoms with Crippen molar-refractivity contribution < 1.29 is 4.52 Å². The largest absolute Gasteiger partial charge is 0.337 e. The maximum atomic E-state index is 5.71. The molecule has 4 heterocycles. The summed E-state index contributed by atoms with van der Waals surface area (Å²) in [6, 6.07) is 9.01. The fourth-order valence-corrected chi connectivity index (χ4v) is 4.83. The molecule has 7 nitrogen and oxygen atoms in total. The average Bonchev–Trinajstić information content (AvgIpc) is 3.40. The highest BCUT2D eigenvalue weighted by Gasteiger charge is 2.30. The lowest BCUT2D eigenvalue weighted by Gasteiger charge is -2.38. The molecular weight excluding hydrogens is 364 g/mol. The van der Waals surface area contributed by atoms with Gasteiger partial charge < -0.3 is 14.7 Å². The Morgan fingerprint density at radius 2 is 1.83 bits per heavy atom. The summed E-state index contributed by atoms with van der Waals surface area (Å²) in [6.45, 7) is 8.86. The summed E-state index contributed by atoms with van der Waals surface area (Å²) in [6.07, 6.45) is 4.70. The molecule has 0 unspecified atom stereocenters. The monoisotopic (exact) mass is 394 g/mol. The van der Waals surface area contributed by atoms with Gasteiger partial charge >= 0.3 is 0 Å². The van der Waals surface area contributed by atoms with Crippen LogP contribution in [0.25, 0.3) is 16.9 Å². The van der Waals surface area contributed by atoms with Gasteiger partial charge in [-0.05, 0) is 69.0 Å². The Morgan fingerprint density at radius 3 is 2.59 bits per heavy atom. The number of benzene rings is 1. The van der Waals surface area contributed by atoms with E-state index in [2.05, 4.69) is 47.4 Å². The molecule has 1 N–H and O–H groups in total. The number of piperidine rings is 2. The molecule has 2 aliphatic heterocycles. The van der Waals surface area contributed by atoms with E-state index in [4.69, 9.17) is 14.6 Å². The lowest BCUT2D eigenvalue weighted by atomic mass is 9.94. The van der Waals surface area contributed by atoms with Crippen LogP contribution in [0.5, 0.6) is 0 Å². The van der Waals surface area contributed by atoms with E-state index in [1.165, 1.54) is 12.8 Å². The van der Waals surface area contributed by atoms with Crippen LogP contribution in [0, 0.1) is 0 Å². The Hall–Kier alpha value is -2.25. The van der Waals surface area contributed by atoms with Gasteiger partial charge in [-0.25, -0.2) is 0 Å². The van der Waals surface area contributed by atoms with Crippen LogP contribution in [0.3, 0.4) is 0 Å². The molecule has 0 spiro atoms. The summed E-state index contributed by atoms with van der Waals surface area (Å²) in [5.41, 5.74) is 2.10. The molecule has 0 saturated carbocycles. The van der Waals surface area contributed by atoms with Crippen LogP contribution in [-0.2, 0) is 0 Å². The number of para-hydroxylation sites is 1. The first kappa shape index (κ1) is 18.8. The zero-order chi connectivity index (χ0) is 19.8. The molecule has 0 amide bonds. The third-order valence-corrected chi connectivity index (χ3v) is 6.49. The molecule has 0 radical (unpaired) electrons. The van der Waals surface area contributed by atoms with E-state index < -0.39 is 0 Å². The molecule has 1 aromatic carbocycles. The minimum absolute atomic E-state index is 0.340. The maximum Gasteiger partial charge on any atom is 0.291 e. The van der Waals surface area contributed by atoms with Crippen molar-refractivity contribution >= 4 is 10.9 Å². The van der Waals surface area contributed by atoms with Gasteiger partial charge in [0.2, 0.25) is 5.89 Å². The number of hydrogen-bond acceptors (Lipinski definition) is 6. The lowest BCUT2D eigenvalue weighted by molar-refractivity contribution is 0.120. The van der Waals surface area contributed by atoms with Gasteiger partial charge in [0.15, 0.2) is 0 Å². The van der Waals surface area contributed by atoms with E-state index in [0.717, 1.165) is 67.6 Å². The third kappa shape index (κ3) is 3.57. The van der Waals surface area contributed by atoms with Crippen molar-refractivity contribution in [3.63, 3.8) is 0 Å². The fourth-order valence-electron chi connectivity index (χ4n) is 4.83. The normalized spacial score (nSPS) is 20.1. The van der Waals surface area contributed by atoms with Crippen molar-refractivity contribution in [2.24, 2.45) is 0 Å². The van der Waals surface area contributed by atoms with E-state index in [1.54, 1.807) is 0 Å². The summed E-state index contributed by atoms with van der Waals surface area (Å²) >= 11 is 0. The summed E-state index contributed by atoms with van der Waals surface area (Å²) < 4.78 is 7.54. The Balaban J connectivity index is 1.34. The number of fused-ring (bicyclic) bond motifs is 1. The second kappa shape index (κ2) is 7.88. The van der Waals surface area contributed by atoms with Crippen LogP contribution in [0.15, 0.2) is 28.8 Å². The Bertz CT molecular complexity index is 963. The summed E-state index contributed by atoms with van der Waals surface area (Å²) in [4.78, 5) is 7.42. The van der Waals surface area contributed by atoms with Crippen molar-refractivity contribution in [2.75, 3.05) is 26.2 Å². The summed E-state index contributed by atoms with van der Waals surface area (Å²) in [5, 5.41) is 13.7. The van der Waals surface area contributed by atoms with Gasteiger partial charge in [0.05, 0.1) is 11.2 Å². The van der Waals surface area contributed by atoms with Gasteiger partial charge in [-0.1, -0.05) is 32.0 Å². The number of nitrogens with zero attached hydrogens (tertiary/aromatic N) is 5. The lowest BCUT2D eigenvalue weighted by Crippen LogP contribution is -2.46.